The Morgan fingerprint density at radius 2 is 2.14 bits per heavy atom. The minimum Gasteiger partial charge on any atom is -0.393 e. The highest BCUT2D eigenvalue weighted by Gasteiger charge is 2.24. The molecule has 0 heterocycles. The van der Waals surface area contributed by atoms with Crippen LogP contribution in [0.2, 0.25) is 0 Å². The van der Waals surface area contributed by atoms with Crippen molar-refractivity contribution in [2.24, 2.45) is 5.73 Å². The van der Waals surface area contributed by atoms with Crippen LogP contribution in [-0.4, -0.2) is 41.0 Å². The number of amides is 2. The summed E-state index contributed by atoms with van der Waals surface area (Å²) in [5, 5.41) is 9.10. The van der Waals surface area contributed by atoms with Crippen LogP contribution >= 0.6 is 0 Å². The average Bonchev–Trinajstić information content (AvgIpc) is 2.11. The molecular formula is C9H16N2O3. The van der Waals surface area contributed by atoms with Crippen LogP contribution in [0.3, 0.4) is 0 Å². The molecule has 0 fully saturated rings. The molecule has 0 saturated heterocycles. The fourth-order valence-electron chi connectivity index (χ4n) is 1.09. The van der Waals surface area contributed by atoms with E-state index in [1.165, 1.54) is 18.9 Å². The van der Waals surface area contributed by atoms with Crippen LogP contribution in [-0.2, 0) is 9.59 Å². The van der Waals surface area contributed by atoms with Crippen LogP contribution in [0.1, 0.15) is 13.3 Å². The van der Waals surface area contributed by atoms with Gasteiger partial charge in [0.15, 0.2) is 0 Å². The Balaban J connectivity index is 4.56. The highest BCUT2D eigenvalue weighted by Crippen LogP contribution is 2.05. The van der Waals surface area contributed by atoms with E-state index in [-0.39, 0.29) is 6.42 Å². The van der Waals surface area contributed by atoms with E-state index in [1.807, 2.05) is 0 Å². The van der Waals surface area contributed by atoms with Crippen molar-refractivity contribution in [1.29, 1.82) is 0 Å². The lowest BCUT2D eigenvalue weighted by atomic mass is 10.1. The largest absolute Gasteiger partial charge is 0.393 e. The fourth-order valence-corrected chi connectivity index (χ4v) is 1.09. The number of nitrogens with zero attached hydrogens (tertiary/aromatic N) is 1. The molecule has 0 aromatic heterocycles. The van der Waals surface area contributed by atoms with Gasteiger partial charge in [0, 0.05) is 13.5 Å². The molecule has 0 aliphatic heterocycles. The zero-order valence-electron chi connectivity index (χ0n) is 8.43. The summed E-state index contributed by atoms with van der Waals surface area (Å²) in [4.78, 5) is 23.3. The van der Waals surface area contributed by atoms with E-state index in [2.05, 4.69) is 6.58 Å². The summed E-state index contributed by atoms with van der Waals surface area (Å²) in [6, 6.07) is -0.791. The Kier molecular flexibility index (Phi) is 4.86. The molecule has 0 aromatic carbocycles. The molecule has 0 rings (SSSR count). The Labute approximate surface area is 83.2 Å². The van der Waals surface area contributed by atoms with Gasteiger partial charge in [-0.2, -0.15) is 0 Å². The highest BCUT2D eigenvalue weighted by molar-refractivity contribution is 5.91. The van der Waals surface area contributed by atoms with Gasteiger partial charge in [-0.25, -0.2) is 0 Å². The Hall–Kier alpha value is -1.36. The Bertz CT molecular complexity index is 238. The summed E-state index contributed by atoms with van der Waals surface area (Å²) >= 11 is 0. The predicted molar refractivity (Wildman–Crippen MR) is 52.2 cm³/mol. The molecule has 0 radical (unpaired) electrons. The molecular weight excluding hydrogens is 184 g/mol. The molecule has 0 aliphatic rings. The van der Waals surface area contributed by atoms with E-state index in [4.69, 9.17) is 10.8 Å². The minimum absolute atomic E-state index is 0.130. The minimum atomic E-state index is -0.791. The maximum absolute atomic E-state index is 11.2. The van der Waals surface area contributed by atoms with Crippen molar-refractivity contribution in [1.82, 2.24) is 4.90 Å². The molecule has 0 aliphatic carbocycles. The standard InChI is InChI=1S/C9H16N2O3/c1-4-8(13)11(3)7(9(10)14)5-6(2)12/h4,6-7,12H,1,5H2,2-3H3,(H2,10,14). The molecule has 80 valence electrons. The first kappa shape index (κ1) is 12.6. The summed E-state index contributed by atoms with van der Waals surface area (Å²) in [7, 11) is 1.45. The lowest BCUT2D eigenvalue weighted by molar-refractivity contribution is -0.135. The van der Waals surface area contributed by atoms with Gasteiger partial charge in [-0.15, -0.1) is 0 Å². The molecule has 5 heteroatoms. The number of carbonyl (C=O) groups is 2. The van der Waals surface area contributed by atoms with Gasteiger partial charge in [0.05, 0.1) is 6.10 Å². The third kappa shape index (κ3) is 3.57. The zero-order chi connectivity index (χ0) is 11.3. The Morgan fingerprint density at radius 3 is 2.43 bits per heavy atom. The highest BCUT2D eigenvalue weighted by atomic mass is 16.3. The first-order chi connectivity index (χ1) is 6.40. The number of aliphatic hydroxyl groups is 1. The molecule has 5 nitrogen and oxygen atoms in total. The third-order valence-corrected chi connectivity index (χ3v) is 1.88. The van der Waals surface area contributed by atoms with Crippen molar-refractivity contribution >= 4 is 11.8 Å². The van der Waals surface area contributed by atoms with Crippen molar-refractivity contribution < 1.29 is 14.7 Å². The third-order valence-electron chi connectivity index (χ3n) is 1.88. The molecule has 0 aromatic rings. The van der Waals surface area contributed by atoms with Crippen LogP contribution in [0.15, 0.2) is 12.7 Å². The van der Waals surface area contributed by atoms with Crippen LogP contribution in [0.5, 0.6) is 0 Å². The Morgan fingerprint density at radius 1 is 1.64 bits per heavy atom. The van der Waals surface area contributed by atoms with Gasteiger partial charge in [-0.05, 0) is 13.0 Å². The first-order valence-electron chi connectivity index (χ1n) is 4.26. The SMILES string of the molecule is C=CC(=O)N(C)C(CC(C)O)C(N)=O. The second kappa shape index (κ2) is 5.39. The molecule has 0 saturated carbocycles. The fraction of sp³-hybridized carbons (Fsp3) is 0.556. The maximum Gasteiger partial charge on any atom is 0.246 e. The van der Waals surface area contributed by atoms with Crippen molar-refractivity contribution in [2.45, 2.75) is 25.5 Å². The average molecular weight is 200 g/mol. The van der Waals surface area contributed by atoms with Gasteiger partial charge in [-0.1, -0.05) is 6.58 Å². The molecule has 3 N–H and O–H groups in total. The van der Waals surface area contributed by atoms with E-state index in [0.29, 0.717) is 0 Å². The van der Waals surface area contributed by atoms with Crippen LogP contribution in [0.25, 0.3) is 0 Å². The number of aliphatic hydroxyl groups excluding tert-OH is 1. The molecule has 0 spiro atoms. The molecule has 14 heavy (non-hydrogen) atoms. The number of rotatable bonds is 5. The number of hydrogen-bond donors (Lipinski definition) is 2. The summed E-state index contributed by atoms with van der Waals surface area (Å²) < 4.78 is 0. The van der Waals surface area contributed by atoms with Crippen molar-refractivity contribution in [3.63, 3.8) is 0 Å². The topological polar surface area (TPSA) is 83.6 Å². The summed E-state index contributed by atoms with van der Waals surface area (Å²) in [5.74, 6) is -1.03. The molecule has 2 atom stereocenters. The van der Waals surface area contributed by atoms with E-state index >= 15 is 0 Å². The quantitative estimate of drug-likeness (QED) is 0.573. The summed E-state index contributed by atoms with van der Waals surface area (Å²) in [5.41, 5.74) is 5.10. The predicted octanol–water partition coefficient (Wildman–Crippen LogP) is -0.744. The van der Waals surface area contributed by atoms with E-state index < -0.39 is 24.0 Å². The number of primary amides is 1. The van der Waals surface area contributed by atoms with Crippen LogP contribution in [0, 0.1) is 0 Å². The van der Waals surface area contributed by atoms with Gasteiger partial charge >= 0.3 is 0 Å². The monoisotopic (exact) mass is 200 g/mol. The lowest BCUT2D eigenvalue weighted by Crippen LogP contribution is -2.46. The van der Waals surface area contributed by atoms with Crippen LogP contribution < -0.4 is 5.73 Å². The molecule has 2 amide bonds. The number of carbonyl (C=O) groups excluding carboxylic acids is 2. The molecule has 0 bridgehead atoms. The van der Waals surface area contributed by atoms with Gasteiger partial charge in [0.2, 0.25) is 11.8 Å². The van der Waals surface area contributed by atoms with E-state index in [1.54, 1.807) is 0 Å². The van der Waals surface area contributed by atoms with Crippen molar-refractivity contribution in [3.05, 3.63) is 12.7 Å². The van der Waals surface area contributed by atoms with Gasteiger partial charge in [0.1, 0.15) is 6.04 Å². The van der Waals surface area contributed by atoms with Crippen LogP contribution in [0.4, 0.5) is 0 Å². The lowest BCUT2D eigenvalue weighted by Gasteiger charge is -2.25. The second-order valence-electron chi connectivity index (χ2n) is 3.16. The summed E-state index contributed by atoms with van der Waals surface area (Å²) in [6.45, 7) is 4.83. The van der Waals surface area contributed by atoms with Crippen molar-refractivity contribution in [3.8, 4) is 0 Å². The first-order valence-corrected chi connectivity index (χ1v) is 4.26. The van der Waals surface area contributed by atoms with Crippen molar-refractivity contribution in [2.75, 3.05) is 7.05 Å². The second-order valence-corrected chi connectivity index (χ2v) is 3.16. The van der Waals surface area contributed by atoms with E-state index in [9.17, 15) is 9.59 Å². The van der Waals surface area contributed by atoms with E-state index in [0.717, 1.165) is 6.08 Å². The number of likely N-dealkylation sites (N-methyl/N-ethyl adjacent to an activating group) is 1. The smallest absolute Gasteiger partial charge is 0.246 e. The van der Waals surface area contributed by atoms with Gasteiger partial charge in [0.25, 0.3) is 0 Å². The number of hydrogen-bond acceptors (Lipinski definition) is 3. The summed E-state index contributed by atoms with van der Waals surface area (Å²) in [6.07, 6.45) is 0.538. The van der Waals surface area contributed by atoms with Gasteiger partial charge < -0.3 is 15.7 Å². The molecule has 2 unspecified atom stereocenters. The van der Waals surface area contributed by atoms with Gasteiger partial charge in [-0.3, -0.25) is 9.59 Å². The number of nitrogens with two attached hydrogens (primary N) is 1. The normalized spacial score (nSPS) is 14.2. The zero-order valence-corrected chi connectivity index (χ0v) is 8.43. The maximum atomic E-state index is 11.2.